The Kier molecular flexibility index (Phi) is 35.9. The van der Waals surface area contributed by atoms with Gasteiger partial charge in [-0.15, -0.1) is 0 Å². The molecule has 57 heavy (non-hydrogen) atoms. The number of esters is 2. The molecule has 5 N–H and O–H groups in total. The second-order valence-electron chi connectivity index (χ2n) is 13.6. The zero-order valence-electron chi connectivity index (χ0n) is 34.5. The summed E-state index contributed by atoms with van der Waals surface area (Å²) in [6.45, 7) is 2.46. The lowest BCUT2D eigenvalue weighted by Crippen LogP contribution is -2.34. The van der Waals surface area contributed by atoms with E-state index in [1.807, 2.05) is 12.2 Å². The second-order valence-corrected chi connectivity index (χ2v) is 15.0. The van der Waals surface area contributed by atoms with Gasteiger partial charge in [0.1, 0.15) is 12.6 Å². The molecule has 0 aliphatic carbocycles. The van der Waals surface area contributed by atoms with Crippen LogP contribution in [0.25, 0.3) is 0 Å². The first kappa shape index (κ1) is 53.6. The minimum absolute atomic E-state index is 0.0513. The Balaban J connectivity index is 4.66. The number of aliphatic hydroxyl groups excluding tert-OH is 1. The van der Waals surface area contributed by atoms with Gasteiger partial charge in [0.15, 0.2) is 6.10 Å². The first-order chi connectivity index (χ1) is 27.5. The molecular weight excluding hydrogens is 749 g/mol. The standard InChI is InChI=1S/C44H72NO11P/c1-3-5-7-9-11-13-15-17-19-21-23-25-28-32-39(46)33-29-27-31-35-43(48)56-40(37-54-57(51,52)55-38-41(45)44(49)50)36-53-42(47)34-30-26-24-22-20-18-16-14-12-10-8-6-4-2/h5,7,11,13-14,16-17,19,23,25,27-29,32,39-41,46H,3-4,6,8-10,12,15,18,20-22,24,26,30-31,33-38,45H2,1-2H3,(H,49,50)(H,51,52)/b7-5-,13-11-,16-14-,19-17-,25-23-,29-27-,32-28-/t39?,40-,41+/m1/s1. The third-order valence-electron chi connectivity index (χ3n) is 8.22. The van der Waals surface area contributed by atoms with E-state index in [9.17, 15) is 28.9 Å². The van der Waals surface area contributed by atoms with Crippen LogP contribution in [0.15, 0.2) is 85.1 Å². The van der Waals surface area contributed by atoms with Crippen LogP contribution in [0.2, 0.25) is 0 Å². The normalized spacial score (nSPS) is 15.2. The molecule has 0 saturated heterocycles. The zero-order chi connectivity index (χ0) is 42.2. The highest BCUT2D eigenvalue weighted by Crippen LogP contribution is 2.43. The van der Waals surface area contributed by atoms with Gasteiger partial charge < -0.3 is 30.3 Å². The molecule has 324 valence electrons. The van der Waals surface area contributed by atoms with E-state index in [-0.39, 0.29) is 12.8 Å². The summed E-state index contributed by atoms with van der Waals surface area (Å²) >= 11 is 0. The largest absolute Gasteiger partial charge is 0.480 e. The van der Waals surface area contributed by atoms with Crippen molar-refractivity contribution in [2.45, 2.75) is 154 Å². The van der Waals surface area contributed by atoms with Crippen molar-refractivity contribution in [2.24, 2.45) is 5.73 Å². The van der Waals surface area contributed by atoms with E-state index in [0.29, 0.717) is 19.3 Å². The molecule has 0 aliphatic rings. The highest BCUT2D eigenvalue weighted by molar-refractivity contribution is 7.47. The molecule has 0 rings (SSSR count). The number of aliphatic carboxylic acids is 1. The highest BCUT2D eigenvalue weighted by Gasteiger charge is 2.28. The van der Waals surface area contributed by atoms with Crippen molar-refractivity contribution in [3.8, 4) is 0 Å². The van der Waals surface area contributed by atoms with Crippen molar-refractivity contribution in [2.75, 3.05) is 19.8 Å². The lowest BCUT2D eigenvalue weighted by molar-refractivity contribution is -0.161. The lowest BCUT2D eigenvalue weighted by atomic mass is 10.1. The van der Waals surface area contributed by atoms with E-state index in [4.69, 9.17) is 24.8 Å². The van der Waals surface area contributed by atoms with E-state index in [1.165, 1.54) is 25.7 Å². The fraction of sp³-hybridized carbons (Fsp3) is 0.614. The fourth-order valence-corrected chi connectivity index (χ4v) is 5.71. The van der Waals surface area contributed by atoms with Crippen LogP contribution in [0.4, 0.5) is 0 Å². The molecule has 4 atom stereocenters. The number of aliphatic hydroxyl groups is 1. The van der Waals surface area contributed by atoms with Crippen LogP contribution in [0.5, 0.6) is 0 Å². The predicted octanol–water partition coefficient (Wildman–Crippen LogP) is 9.69. The Bertz CT molecular complexity index is 1300. The molecule has 13 heteroatoms. The summed E-state index contributed by atoms with van der Waals surface area (Å²) in [5, 5.41) is 19.1. The first-order valence-corrected chi connectivity index (χ1v) is 22.2. The number of ether oxygens (including phenoxy) is 2. The average molecular weight is 822 g/mol. The maximum absolute atomic E-state index is 12.6. The minimum atomic E-state index is -4.77. The summed E-state index contributed by atoms with van der Waals surface area (Å²) in [6.07, 6.45) is 42.6. The number of carboxylic acids is 1. The van der Waals surface area contributed by atoms with Gasteiger partial charge >= 0.3 is 25.7 Å². The summed E-state index contributed by atoms with van der Waals surface area (Å²) in [6, 6.07) is -1.55. The first-order valence-electron chi connectivity index (χ1n) is 20.7. The van der Waals surface area contributed by atoms with Crippen molar-refractivity contribution in [1.82, 2.24) is 0 Å². The number of phosphoric acid groups is 1. The van der Waals surface area contributed by atoms with E-state index in [1.54, 1.807) is 24.3 Å². The number of rotatable bonds is 37. The number of carboxylic acid groups (broad SMARTS) is 1. The SMILES string of the molecule is CC/C=C\C/C=C\C/C=C\C/C=C\C=C/C(O)C/C=C\CCC(=O)O[C@H](COC(=O)CCCCCCC/C=C\CCCCCC)COP(=O)(O)OC[C@H](N)C(=O)O. The van der Waals surface area contributed by atoms with Crippen molar-refractivity contribution in [3.63, 3.8) is 0 Å². The van der Waals surface area contributed by atoms with Gasteiger partial charge in [-0.3, -0.25) is 23.4 Å². The summed E-state index contributed by atoms with van der Waals surface area (Å²) in [5.41, 5.74) is 5.31. The number of carbonyl (C=O) groups excluding carboxylic acids is 2. The number of hydrogen-bond acceptors (Lipinski definition) is 10. The molecule has 0 radical (unpaired) electrons. The van der Waals surface area contributed by atoms with Crippen molar-refractivity contribution in [3.05, 3.63) is 85.1 Å². The minimum Gasteiger partial charge on any atom is -0.480 e. The molecule has 0 saturated carbocycles. The molecule has 0 amide bonds. The Morgan fingerprint density at radius 2 is 1.23 bits per heavy atom. The second kappa shape index (κ2) is 38.2. The van der Waals surface area contributed by atoms with Gasteiger partial charge in [-0.05, 0) is 70.6 Å². The summed E-state index contributed by atoms with van der Waals surface area (Å²) in [4.78, 5) is 45.9. The van der Waals surface area contributed by atoms with Crippen LogP contribution < -0.4 is 5.73 Å². The smallest absolute Gasteiger partial charge is 0.472 e. The van der Waals surface area contributed by atoms with E-state index >= 15 is 0 Å². The van der Waals surface area contributed by atoms with Gasteiger partial charge in [0, 0.05) is 12.8 Å². The molecule has 0 spiro atoms. The molecule has 0 fully saturated rings. The maximum atomic E-state index is 12.6. The predicted molar refractivity (Wildman–Crippen MR) is 227 cm³/mol. The number of hydrogen-bond donors (Lipinski definition) is 4. The molecule has 0 aromatic heterocycles. The fourth-order valence-electron chi connectivity index (χ4n) is 4.93. The molecule has 0 aromatic carbocycles. The van der Waals surface area contributed by atoms with Crippen molar-refractivity contribution >= 4 is 25.7 Å². The molecule has 12 nitrogen and oxygen atoms in total. The highest BCUT2D eigenvalue weighted by atomic mass is 31.2. The summed E-state index contributed by atoms with van der Waals surface area (Å²) in [7, 11) is -4.77. The van der Waals surface area contributed by atoms with Crippen molar-refractivity contribution < 1.29 is 52.6 Å². The number of allylic oxidation sites excluding steroid dienone is 12. The van der Waals surface area contributed by atoms with Crippen LogP contribution in [-0.4, -0.2) is 71.1 Å². The quantitative estimate of drug-likeness (QED) is 0.0153. The van der Waals surface area contributed by atoms with Gasteiger partial charge in [0.25, 0.3) is 0 Å². The molecule has 0 aromatic rings. The lowest BCUT2D eigenvalue weighted by Gasteiger charge is -2.20. The third kappa shape index (κ3) is 37.9. The van der Waals surface area contributed by atoms with Gasteiger partial charge in [0.05, 0.1) is 19.3 Å². The van der Waals surface area contributed by atoms with Crippen LogP contribution in [0.1, 0.15) is 136 Å². The molecule has 0 aliphatic heterocycles. The molecular formula is C44H72NO11P. The van der Waals surface area contributed by atoms with Crippen molar-refractivity contribution in [1.29, 1.82) is 0 Å². The third-order valence-corrected chi connectivity index (χ3v) is 9.17. The van der Waals surface area contributed by atoms with Crippen LogP contribution in [-0.2, 0) is 37.5 Å². The number of unbranched alkanes of at least 4 members (excludes halogenated alkanes) is 9. The monoisotopic (exact) mass is 821 g/mol. The van der Waals surface area contributed by atoms with E-state index < -0.39 is 63.8 Å². The molecule has 0 heterocycles. The summed E-state index contributed by atoms with van der Waals surface area (Å²) in [5.74, 6) is -2.61. The Morgan fingerprint density at radius 3 is 1.88 bits per heavy atom. The van der Waals surface area contributed by atoms with Crippen LogP contribution >= 0.6 is 7.82 Å². The Hall–Kier alpha value is -3.38. The van der Waals surface area contributed by atoms with E-state index in [0.717, 1.165) is 64.2 Å². The van der Waals surface area contributed by atoms with E-state index in [2.05, 4.69) is 67.0 Å². The van der Waals surface area contributed by atoms with Gasteiger partial charge in [-0.2, -0.15) is 0 Å². The molecule has 0 bridgehead atoms. The number of carbonyl (C=O) groups is 3. The van der Waals surface area contributed by atoms with Gasteiger partial charge in [-0.25, -0.2) is 4.57 Å². The van der Waals surface area contributed by atoms with Gasteiger partial charge in [-0.1, -0.05) is 137 Å². The summed E-state index contributed by atoms with van der Waals surface area (Å²) < 4.78 is 32.5. The van der Waals surface area contributed by atoms with Crippen LogP contribution in [0.3, 0.4) is 0 Å². The molecule has 2 unspecified atom stereocenters. The average Bonchev–Trinajstić information content (AvgIpc) is 3.18. The zero-order valence-corrected chi connectivity index (χ0v) is 35.4. The Labute approximate surface area is 342 Å². The maximum Gasteiger partial charge on any atom is 0.472 e. The van der Waals surface area contributed by atoms with Gasteiger partial charge in [0.2, 0.25) is 0 Å². The number of nitrogens with two attached hydrogens (primary N) is 1. The number of phosphoric ester groups is 1. The van der Waals surface area contributed by atoms with Crippen LogP contribution in [0, 0.1) is 0 Å². The Morgan fingerprint density at radius 1 is 0.649 bits per heavy atom. The topological polar surface area (TPSA) is 192 Å².